The van der Waals surface area contributed by atoms with Crippen LogP contribution in [0, 0.1) is 18.6 Å². The molecule has 30 heavy (non-hydrogen) atoms. The summed E-state index contributed by atoms with van der Waals surface area (Å²) in [5.74, 6) is -1.13. The van der Waals surface area contributed by atoms with Gasteiger partial charge in [0.25, 0.3) is 5.91 Å². The Balaban J connectivity index is 1.50. The Morgan fingerprint density at radius 2 is 1.70 bits per heavy atom. The van der Waals surface area contributed by atoms with Gasteiger partial charge in [0.2, 0.25) is 0 Å². The molecule has 1 saturated heterocycles. The molecule has 2 heterocycles. The smallest absolute Gasteiger partial charge is 0.255 e. The van der Waals surface area contributed by atoms with E-state index in [1.54, 1.807) is 36.1 Å². The number of piperazine rings is 1. The van der Waals surface area contributed by atoms with Crippen LogP contribution in [0.5, 0.6) is 0 Å². The number of hydrogen-bond donors (Lipinski definition) is 0. The summed E-state index contributed by atoms with van der Waals surface area (Å²) in [6, 6.07) is 10.5. The largest absolute Gasteiger partial charge is 0.366 e. The summed E-state index contributed by atoms with van der Waals surface area (Å²) >= 11 is 0. The first-order chi connectivity index (χ1) is 14.3. The van der Waals surface area contributed by atoms with Gasteiger partial charge in [-0.15, -0.1) is 0 Å². The number of fused-ring (bicyclic) bond motifs is 1. The number of halogens is 2. The lowest BCUT2D eigenvalue weighted by molar-refractivity contribution is 0.0745. The summed E-state index contributed by atoms with van der Waals surface area (Å²) < 4.78 is 27.9. The van der Waals surface area contributed by atoms with Gasteiger partial charge in [0.05, 0.1) is 22.5 Å². The van der Waals surface area contributed by atoms with Gasteiger partial charge in [-0.25, -0.2) is 8.78 Å². The highest BCUT2D eigenvalue weighted by Gasteiger charge is 2.25. The van der Waals surface area contributed by atoms with Gasteiger partial charge in [-0.1, -0.05) is 0 Å². The van der Waals surface area contributed by atoms with E-state index in [4.69, 9.17) is 0 Å². The number of amides is 1. The Morgan fingerprint density at radius 3 is 2.37 bits per heavy atom. The second kappa shape index (κ2) is 7.82. The minimum atomic E-state index is -0.440. The lowest BCUT2D eigenvalue weighted by Gasteiger charge is -2.36. The van der Waals surface area contributed by atoms with Crippen molar-refractivity contribution in [3.05, 3.63) is 70.9 Å². The van der Waals surface area contributed by atoms with Gasteiger partial charge in [-0.3, -0.25) is 14.6 Å². The van der Waals surface area contributed by atoms with Gasteiger partial charge in [-0.05, 0) is 50.2 Å². The fourth-order valence-corrected chi connectivity index (χ4v) is 3.76. The van der Waals surface area contributed by atoms with Gasteiger partial charge < -0.3 is 9.80 Å². The Morgan fingerprint density at radius 1 is 0.967 bits per heavy atom. The second-order valence-electron chi connectivity index (χ2n) is 7.46. The fourth-order valence-electron chi connectivity index (χ4n) is 3.76. The van der Waals surface area contributed by atoms with Crippen LogP contribution in [-0.4, -0.2) is 47.8 Å². The summed E-state index contributed by atoms with van der Waals surface area (Å²) in [4.78, 5) is 32.4. The van der Waals surface area contributed by atoms with Crippen LogP contribution < -0.4 is 4.90 Å². The van der Waals surface area contributed by atoms with E-state index in [1.807, 2.05) is 4.90 Å². The van der Waals surface area contributed by atoms with Crippen LogP contribution in [0.2, 0.25) is 0 Å². The van der Waals surface area contributed by atoms with E-state index in [1.165, 1.54) is 25.1 Å². The standard InChI is InChI=1S/C23H21F2N3O2/c1-14-19(11-17-3-5-18(24)13-21(17)26-14)23(30)28-9-7-27(8-10-28)22-6-4-16(15(2)29)12-20(22)25/h3-6,11-13H,7-10H2,1-2H3. The molecule has 5 nitrogen and oxygen atoms in total. The van der Waals surface area contributed by atoms with Gasteiger partial charge in [0.1, 0.15) is 11.6 Å². The highest BCUT2D eigenvalue weighted by molar-refractivity contribution is 5.99. The van der Waals surface area contributed by atoms with E-state index in [0.717, 1.165) is 0 Å². The Bertz CT molecular complexity index is 1150. The maximum absolute atomic E-state index is 14.4. The second-order valence-corrected chi connectivity index (χ2v) is 7.46. The van der Waals surface area contributed by atoms with Crippen LogP contribution in [0.25, 0.3) is 10.9 Å². The Kier molecular flexibility index (Phi) is 5.20. The van der Waals surface area contributed by atoms with Crippen molar-refractivity contribution in [1.29, 1.82) is 0 Å². The molecule has 4 rings (SSSR count). The van der Waals surface area contributed by atoms with Crippen molar-refractivity contribution in [3.63, 3.8) is 0 Å². The van der Waals surface area contributed by atoms with E-state index in [-0.39, 0.29) is 17.5 Å². The molecule has 0 radical (unpaired) electrons. The lowest BCUT2D eigenvalue weighted by atomic mass is 10.1. The lowest BCUT2D eigenvalue weighted by Crippen LogP contribution is -2.49. The van der Waals surface area contributed by atoms with Crippen LogP contribution in [-0.2, 0) is 0 Å². The average molecular weight is 409 g/mol. The van der Waals surface area contributed by atoms with E-state index < -0.39 is 5.82 Å². The molecule has 1 amide bonds. The van der Waals surface area contributed by atoms with Crippen molar-refractivity contribution in [1.82, 2.24) is 9.88 Å². The van der Waals surface area contributed by atoms with Crippen molar-refractivity contribution >= 4 is 28.3 Å². The third-order valence-corrected chi connectivity index (χ3v) is 5.46. The monoisotopic (exact) mass is 409 g/mol. The molecule has 0 atom stereocenters. The quantitative estimate of drug-likeness (QED) is 0.614. The summed E-state index contributed by atoms with van der Waals surface area (Å²) in [7, 11) is 0. The van der Waals surface area contributed by atoms with Crippen LogP contribution in [0.1, 0.15) is 33.3 Å². The van der Waals surface area contributed by atoms with Gasteiger partial charge >= 0.3 is 0 Å². The number of carbonyl (C=O) groups excluding carboxylic acids is 2. The number of rotatable bonds is 3. The minimum absolute atomic E-state index is 0.140. The maximum atomic E-state index is 14.4. The van der Waals surface area contributed by atoms with Crippen molar-refractivity contribution in [2.75, 3.05) is 31.1 Å². The average Bonchev–Trinajstić information content (AvgIpc) is 2.72. The van der Waals surface area contributed by atoms with Crippen LogP contribution in [0.4, 0.5) is 14.5 Å². The van der Waals surface area contributed by atoms with E-state index in [9.17, 15) is 18.4 Å². The minimum Gasteiger partial charge on any atom is -0.366 e. The SMILES string of the molecule is CC(=O)c1ccc(N2CCN(C(=O)c3cc4ccc(F)cc4nc3C)CC2)c(F)c1. The van der Waals surface area contributed by atoms with E-state index in [2.05, 4.69) is 4.98 Å². The van der Waals surface area contributed by atoms with Crippen LogP contribution >= 0.6 is 0 Å². The number of Topliss-reactive ketones (excluding diaryl/α,β-unsaturated/α-hetero) is 1. The molecule has 7 heteroatoms. The number of benzene rings is 2. The zero-order valence-corrected chi connectivity index (χ0v) is 16.8. The molecule has 1 aliphatic heterocycles. The number of nitrogens with zero attached hydrogens (tertiary/aromatic N) is 3. The molecule has 1 aromatic heterocycles. The highest BCUT2D eigenvalue weighted by Crippen LogP contribution is 2.24. The van der Waals surface area contributed by atoms with Gasteiger partial charge in [0, 0.05) is 43.2 Å². The fraction of sp³-hybridized carbons (Fsp3) is 0.261. The van der Waals surface area contributed by atoms with Crippen molar-refractivity contribution in [3.8, 4) is 0 Å². The molecule has 2 aromatic carbocycles. The first kappa shape index (κ1) is 19.9. The summed E-state index contributed by atoms with van der Waals surface area (Å²) in [6.07, 6.45) is 0. The highest BCUT2D eigenvalue weighted by atomic mass is 19.1. The Hall–Kier alpha value is -3.35. The number of carbonyl (C=O) groups is 2. The molecule has 0 aliphatic carbocycles. The van der Waals surface area contributed by atoms with Crippen LogP contribution in [0.3, 0.4) is 0 Å². The van der Waals surface area contributed by atoms with Gasteiger partial charge in [0.15, 0.2) is 5.78 Å². The number of pyridine rings is 1. The van der Waals surface area contributed by atoms with Crippen LogP contribution in [0.15, 0.2) is 42.5 Å². The molecular weight excluding hydrogens is 388 g/mol. The number of aromatic nitrogens is 1. The topological polar surface area (TPSA) is 53.5 Å². The summed E-state index contributed by atoms with van der Waals surface area (Å²) in [5.41, 5.74) is 2.31. The zero-order valence-electron chi connectivity index (χ0n) is 16.8. The van der Waals surface area contributed by atoms with E-state index >= 15 is 0 Å². The molecule has 0 spiro atoms. The molecule has 0 saturated carbocycles. The molecule has 154 valence electrons. The predicted octanol–water partition coefficient (Wildman–Crippen LogP) is 3.99. The summed E-state index contributed by atoms with van der Waals surface area (Å²) in [5, 5.41) is 0.705. The number of aryl methyl sites for hydroxylation is 1. The predicted molar refractivity (Wildman–Crippen MR) is 111 cm³/mol. The van der Waals surface area contributed by atoms with Crippen molar-refractivity contribution in [2.24, 2.45) is 0 Å². The normalized spacial score (nSPS) is 14.3. The maximum Gasteiger partial charge on any atom is 0.255 e. The number of ketones is 1. The van der Waals surface area contributed by atoms with Gasteiger partial charge in [-0.2, -0.15) is 0 Å². The zero-order chi connectivity index (χ0) is 21.4. The van der Waals surface area contributed by atoms with Crippen molar-refractivity contribution < 1.29 is 18.4 Å². The molecule has 0 N–H and O–H groups in total. The first-order valence-corrected chi connectivity index (χ1v) is 9.75. The third-order valence-electron chi connectivity index (χ3n) is 5.46. The first-order valence-electron chi connectivity index (χ1n) is 9.75. The molecule has 1 aliphatic rings. The molecule has 0 bridgehead atoms. The molecule has 1 fully saturated rings. The molecule has 3 aromatic rings. The number of anilines is 1. The van der Waals surface area contributed by atoms with E-state index in [0.29, 0.717) is 59.6 Å². The number of hydrogen-bond acceptors (Lipinski definition) is 4. The Labute approximate surface area is 172 Å². The summed E-state index contributed by atoms with van der Waals surface area (Å²) in [6.45, 7) is 4.97. The van der Waals surface area contributed by atoms with Crippen molar-refractivity contribution in [2.45, 2.75) is 13.8 Å². The third kappa shape index (κ3) is 3.75. The molecule has 0 unspecified atom stereocenters. The molecular formula is C23H21F2N3O2.